The first kappa shape index (κ1) is 26.8. The van der Waals surface area contributed by atoms with Crippen molar-refractivity contribution in [2.24, 2.45) is 0 Å². The fourth-order valence-electron chi connectivity index (χ4n) is 4.59. The summed E-state index contributed by atoms with van der Waals surface area (Å²) in [5, 5.41) is 14.6. The molecule has 1 amide bonds. The quantitative estimate of drug-likeness (QED) is 0.281. The zero-order chi connectivity index (χ0) is 28.3. The number of nitrogen functional groups attached to an aromatic ring is 1. The molecule has 0 radical (unpaired) electrons. The van der Waals surface area contributed by atoms with E-state index in [1.54, 1.807) is 6.92 Å². The smallest absolute Gasteiger partial charge is 0.381 e. The molecule has 2 unspecified atom stereocenters. The first-order valence-corrected chi connectivity index (χ1v) is 13.5. The average molecular weight is 584 g/mol. The minimum atomic E-state index is -5.02. The number of pyridine rings is 1. The summed E-state index contributed by atoms with van der Waals surface area (Å²) in [4.78, 5) is 22.8. The van der Waals surface area contributed by atoms with Gasteiger partial charge in [0.1, 0.15) is 29.3 Å². The van der Waals surface area contributed by atoms with E-state index in [2.05, 4.69) is 15.1 Å². The number of halogens is 4. The van der Waals surface area contributed by atoms with Crippen LogP contribution in [0.5, 0.6) is 0 Å². The van der Waals surface area contributed by atoms with Crippen LogP contribution in [0.3, 0.4) is 0 Å². The second-order valence-corrected chi connectivity index (χ2v) is 12.0. The van der Waals surface area contributed by atoms with Crippen molar-refractivity contribution >= 4 is 50.9 Å². The predicted octanol–water partition coefficient (Wildman–Crippen LogP) is 3.48. The summed E-state index contributed by atoms with van der Waals surface area (Å²) in [6, 6.07) is 1.81. The van der Waals surface area contributed by atoms with Crippen molar-refractivity contribution < 1.29 is 27.1 Å². The number of hydrogen-bond donors (Lipinski definition) is 4. The first-order chi connectivity index (χ1) is 18.3. The van der Waals surface area contributed by atoms with Crippen LogP contribution in [0, 0.1) is 11.3 Å². The van der Waals surface area contributed by atoms with Gasteiger partial charge in [-0.1, -0.05) is 11.6 Å². The van der Waals surface area contributed by atoms with Crippen LogP contribution in [0.25, 0.3) is 11.2 Å². The van der Waals surface area contributed by atoms with Crippen LogP contribution in [-0.4, -0.2) is 69.3 Å². The van der Waals surface area contributed by atoms with E-state index in [0.717, 1.165) is 12.4 Å². The van der Waals surface area contributed by atoms with Crippen LogP contribution >= 0.6 is 22.2 Å². The molecular weight excluding hydrogens is 563 g/mol. The van der Waals surface area contributed by atoms with Gasteiger partial charge >= 0.3 is 6.18 Å². The minimum absolute atomic E-state index is 0.0140. The van der Waals surface area contributed by atoms with Crippen molar-refractivity contribution in [3.05, 3.63) is 52.7 Å². The Morgan fingerprint density at radius 2 is 2.13 bits per heavy atom. The van der Waals surface area contributed by atoms with Crippen molar-refractivity contribution in [3.63, 3.8) is 0 Å². The molecule has 1 fully saturated rings. The Kier molecular flexibility index (Phi) is 6.50. The van der Waals surface area contributed by atoms with E-state index >= 15 is 0 Å². The van der Waals surface area contributed by atoms with E-state index in [1.807, 2.05) is 11.4 Å². The van der Waals surface area contributed by atoms with Crippen molar-refractivity contribution in [1.29, 1.82) is 5.26 Å². The normalized spacial score (nSPS) is 19.1. The molecule has 4 aromatic heterocycles. The maximum atomic E-state index is 14.7. The van der Waals surface area contributed by atoms with Gasteiger partial charge in [0.15, 0.2) is 23.2 Å². The lowest BCUT2D eigenvalue weighted by Gasteiger charge is -2.47. The molecule has 0 spiro atoms. The molecule has 206 valence electrons. The van der Waals surface area contributed by atoms with Crippen LogP contribution in [0.2, 0.25) is 5.02 Å². The van der Waals surface area contributed by atoms with Gasteiger partial charge in [-0.05, 0) is 19.1 Å². The van der Waals surface area contributed by atoms with Gasteiger partial charge in [0.2, 0.25) is 0 Å². The third kappa shape index (κ3) is 4.56. The number of carbonyl (C=O) groups excluding carboxylic acids is 1. The van der Waals surface area contributed by atoms with Gasteiger partial charge in [-0.2, -0.15) is 29.0 Å². The van der Waals surface area contributed by atoms with Crippen molar-refractivity contribution in [2.45, 2.75) is 24.4 Å². The van der Waals surface area contributed by atoms with Crippen LogP contribution in [0.1, 0.15) is 34.6 Å². The number of carbonyl (C=O) groups is 1. The third-order valence-electron chi connectivity index (χ3n) is 6.51. The molecular formula is C22H21ClF3N9O3S. The molecule has 1 aliphatic heterocycles. The Bertz CT molecular complexity index is 1650. The third-order valence-corrected chi connectivity index (χ3v) is 9.02. The number of hydrogen-bond acceptors (Lipinski definition) is 9. The summed E-state index contributed by atoms with van der Waals surface area (Å²) in [5.74, 6) is -1.64. The molecule has 0 bridgehead atoms. The molecule has 1 aliphatic rings. The Balaban J connectivity index is 1.68. The van der Waals surface area contributed by atoms with Crippen LogP contribution in [-0.2, 0) is 0 Å². The van der Waals surface area contributed by atoms with Crippen LogP contribution in [0.15, 0.2) is 30.9 Å². The lowest BCUT2D eigenvalue weighted by atomic mass is 10.0. The highest BCUT2D eigenvalue weighted by Gasteiger charge is 2.46. The van der Waals surface area contributed by atoms with Gasteiger partial charge in [0.25, 0.3) is 5.91 Å². The van der Waals surface area contributed by atoms with Crippen LogP contribution in [0.4, 0.5) is 24.8 Å². The fraction of sp³-hybridized carbons (Fsp3) is 0.318. The van der Waals surface area contributed by atoms with E-state index in [4.69, 9.17) is 17.3 Å². The molecule has 39 heavy (non-hydrogen) atoms. The highest BCUT2D eigenvalue weighted by atomic mass is 35.5. The molecule has 5 N–H and O–H groups in total. The summed E-state index contributed by atoms with van der Waals surface area (Å²) < 4.78 is 67.1. The number of nitriles is 1. The molecule has 0 aliphatic carbocycles. The topological polar surface area (TPSA) is 170 Å². The zero-order valence-electron chi connectivity index (χ0n) is 20.1. The maximum absolute atomic E-state index is 14.7. The second kappa shape index (κ2) is 9.45. The van der Waals surface area contributed by atoms with Crippen molar-refractivity contribution in [1.82, 2.24) is 29.3 Å². The van der Waals surface area contributed by atoms with Gasteiger partial charge in [-0.25, -0.2) is 14.5 Å². The average Bonchev–Trinajstić information content (AvgIpc) is 3.44. The summed E-state index contributed by atoms with van der Waals surface area (Å²) in [7, 11) is -2.97. The number of imidazole rings is 1. The summed E-state index contributed by atoms with van der Waals surface area (Å²) in [5.41, 5.74) is 5.00. The Labute approximate surface area is 225 Å². The van der Waals surface area contributed by atoms with Crippen LogP contribution < -0.4 is 16.0 Å². The number of nitrogens with two attached hydrogens (primary N) is 1. The Morgan fingerprint density at radius 3 is 2.79 bits per heavy atom. The zero-order valence-corrected chi connectivity index (χ0v) is 21.7. The Hall–Kier alpha value is -3.78. The molecule has 12 nitrogen and oxygen atoms in total. The molecule has 0 aromatic carbocycles. The maximum Gasteiger partial charge on any atom is 0.413 e. The molecule has 4 aromatic rings. The van der Waals surface area contributed by atoms with Gasteiger partial charge < -0.3 is 16.0 Å². The number of fused-ring (bicyclic) bond motifs is 2. The summed E-state index contributed by atoms with van der Waals surface area (Å²) in [6.45, 7) is 1.54. The number of nitrogens with one attached hydrogen (secondary N) is 1. The highest BCUT2D eigenvalue weighted by molar-refractivity contribution is 8.24. The predicted molar refractivity (Wildman–Crippen MR) is 138 cm³/mol. The molecule has 5 rings (SSSR count). The first-order valence-electron chi connectivity index (χ1n) is 11.4. The van der Waals surface area contributed by atoms with Gasteiger partial charge in [0, 0.05) is 31.0 Å². The molecule has 17 heteroatoms. The fourth-order valence-corrected chi connectivity index (χ4v) is 6.20. The standard InChI is InChI=1S/C22H21ClF3N9O3S/c1-11-9-33(5-6-39(11,37)38)21-12(7-13(23)16-14(8-27)30-10-34(16)21)17(22(24,25)26)31-20(36)15-18(28)32-35-4-2-3-29-19(15)35/h2-4,7,10-11,17,37-38H,5-6,9H2,1H3,(H2,28,32)(H,31,36). The van der Waals surface area contributed by atoms with Gasteiger partial charge in [-0.15, -0.1) is 5.10 Å². The van der Waals surface area contributed by atoms with Gasteiger partial charge in [0.05, 0.1) is 16.0 Å². The minimum Gasteiger partial charge on any atom is -0.381 e. The number of alkyl halides is 3. The molecule has 2 atom stereocenters. The number of rotatable bonds is 4. The van der Waals surface area contributed by atoms with E-state index in [0.29, 0.717) is 0 Å². The number of aromatic nitrogens is 5. The van der Waals surface area contributed by atoms with Crippen molar-refractivity contribution in [2.75, 3.05) is 29.5 Å². The van der Waals surface area contributed by atoms with Gasteiger partial charge in [-0.3, -0.25) is 18.3 Å². The largest absolute Gasteiger partial charge is 0.413 e. The summed E-state index contributed by atoms with van der Waals surface area (Å²) in [6.07, 6.45) is -1.07. The number of anilines is 2. The molecule has 5 heterocycles. The molecule has 0 saturated carbocycles. The highest BCUT2D eigenvalue weighted by Crippen LogP contribution is 2.49. The lowest BCUT2D eigenvalue weighted by Crippen LogP contribution is -2.46. The SMILES string of the molecule is CC1CN(c2c(C(NC(=O)c3c(N)nn4cccnc34)C(F)(F)F)cc(Cl)c3c(C#N)ncn23)CCS1(O)O. The van der Waals surface area contributed by atoms with E-state index in [9.17, 15) is 32.3 Å². The van der Waals surface area contributed by atoms with E-state index in [1.165, 1.54) is 32.3 Å². The van der Waals surface area contributed by atoms with E-state index in [-0.39, 0.29) is 57.9 Å². The second-order valence-electron chi connectivity index (χ2n) is 8.97. The lowest BCUT2D eigenvalue weighted by molar-refractivity contribution is -0.155. The Morgan fingerprint density at radius 1 is 1.38 bits per heavy atom. The monoisotopic (exact) mass is 583 g/mol. The summed E-state index contributed by atoms with van der Waals surface area (Å²) >= 11 is 6.38. The van der Waals surface area contributed by atoms with E-state index < -0.39 is 39.5 Å². The molecule has 1 saturated heterocycles. The number of amides is 1. The van der Waals surface area contributed by atoms with Crippen molar-refractivity contribution in [3.8, 4) is 6.07 Å². The number of nitrogens with zero attached hydrogens (tertiary/aromatic N) is 7.